The van der Waals surface area contributed by atoms with Gasteiger partial charge in [-0.2, -0.15) is 0 Å². The quantitative estimate of drug-likeness (QED) is 0.791. The van der Waals surface area contributed by atoms with Gasteiger partial charge in [-0.15, -0.1) is 0 Å². The smallest absolute Gasteiger partial charge is 0.242 e. The highest BCUT2D eigenvalue weighted by atomic mass is 16.2. The summed E-state index contributed by atoms with van der Waals surface area (Å²) in [6.45, 7) is 3.17. The van der Waals surface area contributed by atoms with Gasteiger partial charge in [-0.05, 0) is 45.1 Å². The van der Waals surface area contributed by atoms with E-state index in [0.29, 0.717) is 11.9 Å². The fraction of sp³-hybridized carbons (Fsp3) is 0.923. The largest absolute Gasteiger partial charge is 0.341 e. The second-order valence-electron chi connectivity index (χ2n) is 5.36. The first kappa shape index (κ1) is 11.9. The summed E-state index contributed by atoms with van der Waals surface area (Å²) in [7, 11) is 1.99. The maximum atomic E-state index is 12.6. The number of hydrogen-bond donors (Lipinski definition) is 1. The Morgan fingerprint density at radius 3 is 2.62 bits per heavy atom. The summed E-state index contributed by atoms with van der Waals surface area (Å²) in [5, 5.41) is 3.46. The second kappa shape index (κ2) is 4.74. The lowest BCUT2D eigenvalue weighted by Gasteiger charge is -2.40. The van der Waals surface area contributed by atoms with Gasteiger partial charge in [0.25, 0.3) is 0 Å². The van der Waals surface area contributed by atoms with Gasteiger partial charge in [0, 0.05) is 13.1 Å². The molecule has 2 aliphatic rings. The van der Waals surface area contributed by atoms with E-state index in [1.165, 1.54) is 19.3 Å². The topological polar surface area (TPSA) is 32.3 Å². The zero-order valence-corrected chi connectivity index (χ0v) is 10.6. The maximum Gasteiger partial charge on any atom is 0.242 e. The minimum atomic E-state index is -0.223. The fourth-order valence-electron chi connectivity index (χ4n) is 3.01. The van der Waals surface area contributed by atoms with Crippen molar-refractivity contribution in [3.05, 3.63) is 0 Å². The Bertz CT molecular complexity index is 255. The normalized spacial score (nSPS) is 30.1. The molecule has 1 heterocycles. The number of nitrogens with zero attached hydrogens (tertiary/aromatic N) is 1. The minimum absolute atomic E-state index is 0.223. The first-order valence-electron chi connectivity index (χ1n) is 6.72. The van der Waals surface area contributed by atoms with E-state index in [-0.39, 0.29) is 5.54 Å². The van der Waals surface area contributed by atoms with Crippen molar-refractivity contribution in [1.82, 2.24) is 10.2 Å². The molecular formula is C13H24N2O. The third-order valence-electron chi connectivity index (χ3n) is 4.27. The number of nitrogens with one attached hydrogen (secondary N) is 1. The zero-order valence-electron chi connectivity index (χ0n) is 10.6. The highest BCUT2D eigenvalue weighted by molar-refractivity contribution is 5.87. The van der Waals surface area contributed by atoms with Gasteiger partial charge in [0.05, 0.1) is 5.54 Å². The Morgan fingerprint density at radius 1 is 1.44 bits per heavy atom. The Morgan fingerprint density at radius 2 is 2.19 bits per heavy atom. The van der Waals surface area contributed by atoms with Crippen LogP contribution in [0.25, 0.3) is 0 Å². The molecule has 1 aliphatic carbocycles. The standard InChI is InChI=1S/C13H24N2O/c1-3-8-13(9-5-10-14-13)12(16)15(2)11-6-4-7-11/h11,14H,3-10H2,1-2H3. The summed E-state index contributed by atoms with van der Waals surface area (Å²) in [5.74, 6) is 0.344. The molecule has 1 atom stereocenters. The molecule has 0 aromatic carbocycles. The van der Waals surface area contributed by atoms with Gasteiger partial charge < -0.3 is 10.2 Å². The lowest BCUT2D eigenvalue weighted by molar-refractivity contribution is -0.140. The predicted molar refractivity (Wildman–Crippen MR) is 65.3 cm³/mol. The van der Waals surface area contributed by atoms with Crippen LogP contribution in [0.5, 0.6) is 0 Å². The molecule has 3 nitrogen and oxygen atoms in total. The van der Waals surface area contributed by atoms with Crippen LogP contribution in [-0.4, -0.2) is 36.0 Å². The van der Waals surface area contributed by atoms with Gasteiger partial charge in [0.15, 0.2) is 0 Å². The number of carbonyl (C=O) groups excluding carboxylic acids is 1. The van der Waals surface area contributed by atoms with Crippen LogP contribution in [0.1, 0.15) is 51.9 Å². The van der Waals surface area contributed by atoms with E-state index in [2.05, 4.69) is 12.2 Å². The van der Waals surface area contributed by atoms with Crippen molar-refractivity contribution in [3.63, 3.8) is 0 Å². The Hall–Kier alpha value is -0.570. The molecule has 3 heteroatoms. The molecular weight excluding hydrogens is 200 g/mol. The first-order valence-corrected chi connectivity index (χ1v) is 6.72. The summed E-state index contributed by atoms with van der Waals surface area (Å²) in [6.07, 6.45) is 7.92. The number of hydrogen-bond acceptors (Lipinski definition) is 2. The van der Waals surface area contributed by atoms with Crippen LogP contribution in [-0.2, 0) is 4.79 Å². The molecule has 0 aromatic heterocycles. The molecule has 16 heavy (non-hydrogen) atoms. The number of likely N-dealkylation sites (N-methyl/N-ethyl adjacent to an activating group) is 1. The fourth-order valence-corrected chi connectivity index (χ4v) is 3.01. The lowest BCUT2D eigenvalue weighted by atomic mass is 9.86. The average molecular weight is 224 g/mol. The van der Waals surface area contributed by atoms with Crippen LogP contribution in [0.3, 0.4) is 0 Å². The van der Waals surface area contributed by atoms with Gasteiger partial charge in [-0.1, -0.05) is 13.3 Å². The van der Waals surface area contributed by atoms with Crippen molar-refractivity contribution >= 4 is 5.91 Å². The van der Waals surface area contributed by atoms with E-state index in [9.17, 15) is 4.79 Å². The molecule has 1 saturated heterocycles. The van der Waals surface area contributed by atoms with E-state index in [1.807, 2.05) is 11.9 Å². The highest BCUT2D eigenvalue weighted by Gasteiger charge is 2.43. The van der Waals surface area contributed by atoms with Crippen LogP contribution in [0.2, 0.25) is 0 Å². The highest BCUT2D eigenvalue weighted by Crippen LogP contribution is 2.31. The molecule has 1 amide bonds. The Kier molecular flexibility index (Phi) is 3.53. The van der Waals surface area contributed by atoms with Crippen molar-refractivity contribution in [2.75, 3.05) is 13.6 Å². The SMILES string of the molecule is CCCC1(C(=O)N(C)C2CCC2)CCCN1. The molecule has 2 fully saturated rings. The third-order valence-corrected chi connectivity index (χ3v) is 4.27. The number of amides is 1. The van der Waals surface area contributed by atoms with Gasteiger partial charge in [-0.3, -0.25) is 4.79 Å². The molecule has 1 N–H and O–H groups in total. The van der Waals surface area contributed by atoms with Gasteiger partial charge in [-0.25, -0.2) is 0 Å². The molecule has 0 aromatic rings. The Labute approximate surface area is 98.6 Å². The van der Waals surface area contributed by atoms with Gasteiger partial charge >= 0.3 is 0 Å². The second-order valence-corrected chi connectivity index (χ2v) is 5.36. The molecule has 0 bridgehead atoms. The Balaban J connectivity index is 2.03. The zero-order chi connectivity index (χ0) is 11.6. The summed E-state index contributed by atoms with van der Waals surface area (Å²) in [5.41, 5.74) is -0.223. The number of rotatable bonds is 4. The number of carbonyl (C=O) groups is 1. The predicted octanol–water partition coefficient (Wildman–Crippen LogP) is 1.92. The van der Waals surface area contributed by atoms with E-state index < -0.39 is 0 Å². The summed E-state index contributed by atoms with van der Waals surface area (Å²) in [6, 6.07) is 0.517. The van der Waals surface area contributed by atoms with Crippen molar-refractivity contribution in [2.24, 2.45) is 0 Å². The third kappa shape index (κ3) is 1.97. The van der Waals surface area contributed by atoms with Crippen molar-refractivity contribution < 1.29 is 4.79 Å². The lowest BCUT2D eigenvalue weighted by Crippen LogP contribution is -2.57. The molecule has 1 aliphatic heterocycles. The van der Waals surface area contributed by atoms with Crippen LogP contribution >= 0.6 is 0 Å². The van der Waals surface area contributed by atoms with E-state index >= 15 is 0 Å². The van der Waals surface area contributed by atoms with Crippen LogP contribution in [0.4, 0.5) is 0 Å². The molecule has 2 rings (SSSR count). The first-order chi connectivity index (χ1) is 7.69. The molecule has 0 spiro atoms. The molecule has 1 unspecified atom stereocenters. The van der Waals surface area contributed by atoms with E-state index in [4.69, 9.17) is 0 Å². The summed E-state index contributed by atoms with van der Waals surface area (Å²) >= 11 is 0. The van der Waals surface area contributed by atoms with E-state index in [0.717, 1.165) is 32.2 Å². The van der Waals surface area contributed by atoms with Crippen LogP contribution in [0, 0.1) is 0 Å². The minimum Gasteiger partial charge on any atom is -0.341 e. The van der Waals surface area contributed by atoms with Crippen LogP contribution < -0.4 is 5.32 Å². The maximum absolute atomic E-state index is 12.6. The molecule has 1 saturated carbocycles. The van der Waals surface area contributed by atoms with Gasteiger partial charge in [0.1, 0.15) is 0 Å². The summed E-state index contributed by atoms with van der Waals surface area (Å²) < 4.78 is 0. The monoisotopic (exact) mass is 224 g/mol. The van der Waals surface area contributed by atoms with Crippen molar-refractivity contribution in [3.8, 4) is 0 Å². The van der Waals surface area contributed by atoms with Crippen molar-refractivity contribution in [2.45, 2.75) is 63.5 Å². The van der Waals surface area contributed by atoms with Crippen molar-refractivity contribution in [1.29, 1.82) is 0 Å². The van der Waals surface area contributed by atoms with E-state index in [1.54, 1.807) is 0 Å². The van der Waals surface area contributed by atoms with Crippen LogP contribution in [0.15, 0.2) is 0 Å². The molecule has 92 valence electrons. The summed E-state index contributed by atoms with van der Waals surface area (Å²) in [4.78, 5) is 14.6. The molecule has 0 radical (unpaired) electrons. The van der Waals surface area contributed by atoms with Gasteiger partial charge in [0.2, 0.25) is 5.91 Å². The average Bonchev–Trinajstić information content (AvgIpc) is 2.64.